The van der Waals surface area contributed by atoms with Gasteiger partial charge in [0.2, 0.25) is 0 Å². The summed E-state index contributed by atoms with van der Waals surface area (Å²) < 4.78 is 26.3. The second kappa shape index (κ2) is 6.38. The van der Waals surface area contributed by atoms with Crippen LogP contribution in [-0.2, 0) is 6.42 Å². The van der Waals surface area contributed by atoms with Gasteiger partial charge in [0, 0.05) is 36.9 Å². The minimum absolute atomic E-state index is 0. The van der Waals surface area contributed by atoms with E-state index in [1.807, 2.05) is 0 Å². The molecular weight excluding hydrogens is 359 g/mol. The monoisotopic (exact) mass is 368 g/mol. The molecule has 0 saturated heterocycles. The van der Waals surface area contributed by atoms with Gasteiger partial charge in [0.25, 0.3) is 0 Å². The molecule has 5 heteroatoms. The smallest absolute Gasteiger partial charge is 0.335 e. The van der Waals surface area contributed by atoms with Gasteiger partial charge in [-0.2, -0.15) is 6.92 Å². The molecule has 0 aliphatic rings. The Kier molecular flexibility index (Phi) is 6.29. The Hall–Kier alpha value is -0.216. The van der Waals surface area contributed by atoms with Crippen LogP contribution in [0.4, 0.5) is 8.78 Å². The van der Waals surface area contributed by atoms with Gasteiger partial charge in [-0.1, -0.05) is 0 Å². The molecule has 0 unspecified atom stereocenters. The van der Waals surface area contributed by atoms with Crippen LogP contribution in [0.5, 0.6) is 0 Å². The molecule has 0 aliphatic heterocycles. The van der Waals surface area contributed by atoms with Crippen molar-refractivity contribution in [3.05, 3.63) is 41.3 Å². The Morgan fingerprint density at radius 1 is 1.40 bits per heavy atom. The van der Waals surface area contributed by atoms with Crippen LogP contribution in [0.2, 0.25) is 0 Å². The molecule has 15 heavy (non-hydrogen) atoms. The van der Waals surface area contributed by atoms with E-state index in [1.54, 1.807) is 13.3 Å². The zero-order valence-electron chi connectivity index (χ0n) is 7.83. The van der Waals surface area contributed by atoms with Gasteiger partial charge in [-0.3, -0.25) is 0 Å². The molecule has 0 bridgehead atoms. The van der Waals surface area contributed by atoms with Crippen LogP contribution in [0.25, 0.3) is 0 Å². The van der Waals surface area contributed by atoms with Crippen LogP contribution < -0.4 is 0 Å². The minimum Gasteiger partial charge on any atom is -0.478 e. The van der Waals surface area contributed by atoms with Gasteiger partial charge < -0.3 is 11.5 Å². The molecule has 0 aromatic heterocycles. The van der Waals surface area contributed by atoms with E-state index in [-0.39, 0.29) is 54.4 Å². The molecule has 0 heterocycles. The maximum atomic E-state index is 13.1. The minimum atomic E-state index is -1.34. The number of hydrogen-bond acceptors (Lipinski definition) is 1. The van der Waals surface area contributed by atoms with Gasteiger partial charge >= 0.3 is 5.97 Å². The molecule has 1 N–H and O–H groups in total. The van der Waals surface area contributed by atoms with Crippen molar-refractivity contribution < 1.29 is 55.6 Å². The van der Waals surface area contributed by atoms with Crippen LogP contribution in [0.15, 0.2) is 12.1 Å². The molecule has 1 radical (unpaired) electrons. The predicted octanol–water partition coefficient (Wildman–Crippen LogP) is 2.43. The number of carboxylic acid groups (broad SMARTS) is 1. The average molecular weight is 368 g/mol. The van der Waals surface area contributed by atoms with Crippen LogP contribution in [0.3, 0.4) is 0 Å². The molecule has 1 aromatic carbocycles. The Morgan fingerprint density at radius 2 is 1.87 bits per heavy atom. The van der Waals surface area contributed by atoms with Gasteiger partial charge in [-0.15, -0.1) is 6.42 Å². The van der Waals surface area contributed by atoms with Crippen molar-refractivity contribution in [2.45, 2.75) is 13.3 Å². The summed E-state index contributed by atoms with van der Waals surface area (Å²) in [5, 5.41) is 8.51. The Morgan fingerprint density at radius 3 is 2.20 bits per heavy atom. The van der Waals surface area contributed by atoms with E-state index in [9.17, 15) is 13.6 Å². The largest absolute Gasteiger partial charge is 0.478 e. The molecule has 2 nitrogen and oxygen atoms in total. The third-order valence-corrected chi connectivity index (χ3v) is 1.80. The fourth-order valence-corrected chi connectivity index (χ4v) is 1.13. The molecule has 0 saturated carbocycles. The number of hydrogen-bond donors (Lipinski definition) is 1. The van der Waals surface area contributed by atoms with E-state index >= 15 is 0 Å². The van der Waals surface area contributed by atoms with Crippen molar-refractivity contribution >= 4 is 5.97 Å². The number of carbonyl (C=O) groups is 1. The topological polar surface area (TPSA) is 37.3 Å². The van der Waals surface area contributed by atoms with E-state index < -0.39 is 17.6 Å². The van der Waals surface area contributed by atoms with Crippen molar-refractivity contribution in [2.75, 3.05) is 0 Å². The van der Waals surface area contributed by atoms with Crippen LogP contribution in [-0.4, -0.2) is 11.1 Å². The van der Waals surface area contributed by atoms with Gasteiger partial charge in [-0.25, -0.2) is 13.6 Å². The normalized spacial score (nSPS) is 9.53. The second-order valence-electron chi connectivity index (χ2n) is 2.84. The SMILES string of the molecule is C[CH-]Cc1c(F)cc(C(=O)O)cc1F.[Tm]. The third kappa shape index (κ3) is 3.69. The van der Waals surface area contributed by atoms with E-state index in [1.165, 1.54) is 0 Å². The number of rotatable bonds is 3. The number of benzene rings is 1. The predicted molar refractivity (Wildman–Crippen MR) is 47.0 cm³/mol. The zero-order valence-corrected chi connectivity index (χ0v) is 9.61. The fourth-order valence-electron chi connectivity index (χ4n) is 1.13. The summed E-state index contributed by atoms with van der Waals surface area (Å²) in [5.74, 6) is -2.98. The summed E-state index contributed by atoms with van der Waals surface area (Å²) in [6, 6.07) is 1.65. The van der Waals surface area contributed by atoms with Crippen molar-refractivity contribution in [3.8, 4) is 0 Å². The quantitative estimate of drug-likeness (QED) is 0.833. The number of carboxylic acids is 1. The van der Waals surface area contributed by atoms with Gasteiger partial charge in [0.05, 0.1) is 5.56 Å². The molecule has 1 rings (SSSR count). The molecule has 0 spiro atoms. The molecular formula is C10H9F2O2Tm-. The van der Waals surface area contributed by atoms with Gasteiger partial charge in [-0.05, 0) is 17.7 Å². The van der Waals surface area contributed by atoms with E-state index in [2.05, 4.69) is 0 Å². The van der Waals surface area contributed by atoms with Crippen LogP contribution >= 0.6 is 0 Å². The van der Waals surface area contributed by atoms with Crippen molar-refractivity contribution in [1.82, 2.24) is 0 Å². The summed E-state index contributed by atoms with van der Waals surface area (Å²) in [5.41, 5.74) is -0.475. The Labute approximate surface area is 115 Å². The first kappa shape index (κ1) is 14.8. The molecule has 0 fully saturated rings. The van der Waals surface area contributed by atoms with Crippen molar-refractivity contribution in [3.63, 3.8) is 0 Å². The number of aromatic carboxylic acids is 1. The summed E-state index contributed by atoms with van der Waals surface area (Å²) in [7, 11) is 0. The van der Waals surface area contributed by atoms with E-state index in [4.69, 9.17) is 5.11 Å². The zero-order chi connectivity index (χ0) is 10.7. The first-order chi connectivity index (χ1) is 6.56. The summed E-state index contributed by atoms with van der Waals surface area (Å²) in [6.45, 7) is 1.67. The third-order valence-electron chi connectivity index (χ3n) is 1.80. The fraction of sp³-hybridized carbons (Fsp3) is 0.200. The maximum Gasteiger partial charge on any atom is 0.335 e. The standard InChI is InChI=1S/C10H9F2O2.Tm/c1-2-3-7-8(11)4-6(10(13)14)5-9(7)12;/h2,4-5H,3H2,1H3,(H,13,14);/q-1;. The van der Waals surface area contributed by atoms with Crippen LogP contribution in [0, 0.1) is 54.9 Å². The van der Waals surface area contributed by atoms with E-state index in [0.717, 1.165) is 12.1 Å². The van der Waals surface area contributed by atoms with Gasteiger partial charge in [0.1, 0.15) is 11.6 Å². The number of halogens is 2. The first-order valence-electron chi connectivity index (χ1n) is 4.05. The summed E-state index contributed by atoms with van der Waals surface area (Å²) in [6.07, 6.45) is 1.75. The maximum absolute atomic E-state index is 13.1. The molecule has 1 aromatic rings. The molecule has 0 amide bonds. The first-order valence-corrected chi connectivity index (χ1v) is 4.05. The summed E-state index contributed by atoms with van der Waals surface area (Å²) in [4.78, 5) is 10.4. The van der Waals surface area contributed by atoms with Crippen molar-refractivity contribution in [1.29, 1.82) is 0 Å². The van der Waals surface area contributed by atoms with Crippen molar-refractivity contribution in [2.24, 2.45) is 0 Å². The summed E-state index contributed by atoms with van der Waals surface area (Å²) >= 11 is 0. The van der Waals surface area contributed by atoms with E-state index in [0.29, 0.717) is 0 Å². The Balaban J connectivity index is 0.00000196. The molecule has 0 atom stereocenters. The van der Waals surface area contributed by atoms with Crippen LogP contribution in [0.1, 0.15) is 22.8 Å². The average Bonchev–Trinajstić information content (AvgIpc) is 2.10. The second-order valence-corrected chi connectivity index (χ2v) is 2.84. The molecule has 0 aliphatic carbocycles. The van der Waals surface area contributed by atoms with Gasteiger partial charge in [0.15, 0.2) is 0 Å². The molecule has 89 valence electrons. The Bertz CT molecular complexity index is 343.